The Hall–Kier alpha value is -2.59. The fourth-order valence-corrected chi connectivity index (χ4v) is 3.54. The van der Waals surface area contributed by atoms with Gasteiger partial charge in [-0.1, -0.05) is 23.9 Å². The van der Waals surface area contributed by atoms with Gasteiger partial charge in [-0.05, 0) is 18.6 Å². The van der Waals surface area contributed by atoms with Gasteiger partial charge < -0.3 is 19.9 Å². The molecule has 0 radical (unpaired) electrons. The average molecular weight is 341 g/mol. The van der Waals surface area contributed by atoms with E-state index in [1.807, 2.05) is 28.8 Å². The Morgan fingerprint density at radius 2 is 2.25 bits per heavy atom. The second-order valence-corrected chi connectivity index (χ2v) is 6.40. The van der Waals surface area contributed by atoms with Crippen molar-refractivity contribution in [2.45, 2.75) is 29.8 Å². The molecule has 1 unspecified atom stereocenters. The first kappa shape index (κ1) is 16.3. The fraction of sp³-hybridized carbons (Fsp3) is 0.294. The van der Waals surface area contributed by atoms with Crippen LogP contribution in [0.5, 0.6) is 5.75 Å². The summed E-state index contributed by atoms with van der Waals surface area (Å²) in [7, 11) is 1.66. The molecular formula is C17H19N5OS. The standard InChI is InChI=1S/C17H19N5OS/c1-3-4-7-10-22-11-19-15(18)14-16(22)21-17(20-14)24-13-9-6-5-8-12(13)23-2/h1,5-6,8-9,11,17-18,20-21H,4,7,10H2,2H3. The summed E-state index contributed by atoms with van der Waals surface area (Å²) in [5.74, 6) is 4.35. The minimum atomic E-state index is -0.0940. The van der Waals surface area contributed by atoms with Crippen LogP contribution in [0.1, 0.15) is 12.8 Å². The number of unbranched alkanes of at least 4 members (excludes halogenated alkanes) is 1. The average Bonchev–Trinajstić information content (AvgIpc) is 3.02. The molecule has 0 fully saturated rings. The SMILES string of the molecule is C#CCCCn1cnc(=N)c2c1NC(Sc1ccccc1OC)N2. The Labute approximate surface area is 145 Å². The minimum Gasteiger partial charge on any atom is -0.496 e. The maximum atomic E-state index is 8.02. The van der Waals surface area contributed by atoms with Gasteiger partial charge in [0, 0.05) is 13.0 Å². The van der Waals surface area contributed by atoms with Crippen molar-refractivity contribution in [2.24, 2.45) is 0 Å². The van der Waals surface area contributed by atoms with E-state index in [0.29, 0.717) is 5.69 Å². The summed E-state index contributed by atoms with van der Waals surface area (Å²) in [6.07, 6.45) is 8.59. The fourth-order valence-electron chi connectivity index (χ4n) is 2.51. The summed E-state index contributed by atoms with van der Waals surface area (Å²) in [5.41, 5.74) is 0.850. The number of anilines is 2. The number of rotatable bonds is 6. The highest BCUT2D eigenvalue weighted by atomic mass is 32.2. The van der Waals surface area contributed by atoms with Gasteiger partial charge in [-0.15, -0.1) is 12.3 Å². The van der Waals surface area contributed by atoms with Crippen molar-refractivity contribution in [3.63, 3.8) is 0 Å². The number of hydrogen-bond donors (Lipinski definition) is 3. The van der Waals surface area contributed by atoms with Crippen molar-refractivity contribution in [2.75, 3.05) is 17.7 Å². The number of ether oxygens (including phenoxy) is 1. The van der Waals surface area contributed by atoms with Gasteiger partial charge in [-0.2, -0.15) is 0 Å². The molecular weight excluding hydrogens is 322 g/mol. The van der Waals surface area contributed by atoms with E-state index in [-0.39, 0.29) is 11.0 Å². The molecule has 7 heteroatoms. The molecule has 1 aliphatic heterocycles. The largest absolute Gasteiger partial charge is 0.496 e. The molecule has 3 rings (SSSR count). The van der Waals surface area contributed by atoms with Gasteiger partial charge in [0.1, 0.15) is 17.3 Å². The second kappa shape index (κ2) is 7.32. The first-order valence-electron chi connectivity index (χ1n) is 7.63. The highest BCUT2D eigenvalue weighted by molar-refractivity contribution is 8.00. The lowest BCUT2D eigenvalue weighted by Crippen LogP contribution is -2.19. The van der Waals surface area contributed by atoms with Crippen LogP contribution < -0.4 is 20.9 Å². The molecule has 6 nitrogen and oxygen atoms in total. The van der Waals surface area contributed by atoms with Crippen LogP contribution in [-0.2, 0) is 6.54 Å². The monoisotopic (exact) mass is 341 g/mol. The van der Waals surface area contributed by atoms with E-state index in [4.69, 9.17) is 16.6 Å². The molecule has 0 amide bonds. The molecule has 0 bridgehead atoms. The first-order chi connectivity index (χ1) is 11.7. The van der Waals surface area contributed by atoms with E-state index in [2.05, 4.69) is 21.5 Å². The van der Waals surface area contributed by atoms with Crippen LogP contribution in [0.4, 0.5) is 11.5 Å². The van der Waals surface area contributed by atoms with Crippen LogP contribution in [0.15, 0.2) is 35.5 Å². The second-order valence-electron chi connectivity index (χ2n) is 5.26. The molecule has 0 spiro atoms. The summed E-state index contributed by atoms with van der Waals surface area (Å²) >= 11 is 1.60. The van der Waals surface area contributed by atoms with Crippen LogP contribution in [0.3, 0.4) is 0 Å². The molecule has 0 aliphatic carbocycles. The molecule has 0 saturated carbocycles. The summed E-state index contributed by atoms with van der Waals surface area (Å²) in [6.45, 7) is 0.764. The zero-order valence-electron chi connectivity index (χ0n) is 13.4. The molecule has 3 N–H and O–H groups in total. The van der Waals surface area contributed by atoms with Crippen molar-refractivity contribution < 1.29 is 4.74 Å². The van der Waals surface area contributed by atoms with Crippen LogP contribution in [-0.4, -0.2) is 22.2 Å². The van der Waals surface area contributed by atoms with Crippen LogP contribution in [0, 0.1) is 17.8 Å². The predicted octanol–water partition coefficient (Wildman–Crippen LogP) is 2.70. The molecule has 1 atom stereocenters. The summed E-state index contributed by atoms with van der Waals surface area (Å²) in [5, 5.41) is 14.8. The third-order valence-electron chi connectivity index (χ3n) is 3.66. The van der Waals surface area contributed by atoms with Crippen LogP contribution in [0.25, 0.3) is 0 Å². The summed E-state index contributed by atoms with van der Waals surface area (Å²) in [6, 6.07) is 7.86. The topological polar surface area (TPSA) is 75.0 Å². The lowest BCUT2D eigenvalue weighted by atomic mass is 10.3. The van der Waals surface area contributed by atoms with Crippen molar-refractivity contribution in [1.29, 1.82) is 5.41 Å². The van der Waals surface area contributed by atoms with Crippen molar-refractivity contribution in [3.05, 3.63) is 36.1 Å². The molecule has 1 aliphatic rings. The molecule has 1 aromatic carbocycles. The van der Waals surface area contributed by atoms with Gasteiger partial charge in [0.15, 0.2) is 11.0 Å². The Bertz CT molecular complexity index is 826. The van der Waals surface area contributed by atoms with E-state index in [9.17, 15) is 0 Å². The number of nitrogens with zero attached hydrogens (tertiary/aromatic N) is 2. The number of nitrogens with one attached hydrogen (secondary N) is 3. The third kappa shape index (κ3) is 3.34. The summed E-state index contributed by atoms with van der Waals surface area (Å²) in [4.78, 5) is 5.17. The normalized spacial score (nSPS) is 15.1. The third-order valence-corrected chi connectivity index (χ3v) is 4.73. The van der Waals surface area contributed by atoms with Crippen LogP contribution in [0.2, 0.25) is 0 Å². The Morgan fingerprint density at radius 1 is 1.42 bits per heavy atom. The number of methoxy groups -OCH3 is 1. The lowest BCUT2D eigenvalue weighted by Gasteiger charge is -2.14. The number of thioether (sulfide) groups is 1. The zero-order chi connectivity index (χ0) is 16.9. The van der Waals surface area contributed by atoms with Gasteiger partial charge in [0.2, 0.25) is 0 Å². The number of fused-ring (bicyclic) bond motifs is 1. The van der Waals surface area contributed by atoms with Crippen LogP contribution >= 0.6 is 11.8 Å². The Kier molecular flexibility index (Phi) is 4.96. The number of aromatic nitrogens is 2. The Morgan fingerprint density at radius 3 is 3.04 bits per heavy atom. The number of terminal acetylenes is 1. The van der Waals surface area contributed by atoms with Crippen molar-refractivity contribution in [3.8, 4) is 18.1 Å². The van der Waals surface area contributed by atoms with Gasteiger partial charge in [0.05, 0.1) is 18.3 Å². The molecule has 1 aromatic heterocycles. The molecule has 124 valence electrons. The number of hydrogen-bond acceptors (Lipinski definition) is 6. The summed E-state index contributed by atoms with van der Waals surface area (Å²) < 4.78 is 7.40. The lowest BCUT2D eigenvalue weighted by molar-refractivity contribution is 0.405. The molecule has 2 aromatic rings. The van der Waals surface area contributed by atoms with Crippen molar-refractivity contribution in [1.82, 2.24) is 9.55 Å². The zero-order valence-corrected chi connectivity index (χ0v) is 14.2. The van der Waals surface area contributed by atoms with E-state index in [0.717, 1.165) is 35.8 Å². The molecule has 0 saturated heterocycles. The highest BCUT2D eigenvalue weighted by Crippen LogP contribution is 2.36. The minimum absolute atomic E-state index is 0.0940. The number of para-hydroxylation sites is 1. The Balaban J connectivity index is 1.79. The molecule has 2 heterocycles. The predicted molar refractivity (Wildman–Crippen MR) is 96.0 cm³/mol. The van der Waals surface area contributed by atoms with E-state index in [1.165, 1.54) is 0 Å². The highest BCUT2D eigenvalue weighted by Gasteiger charge is 2.25. The smallest absolute Gasteiger partial charge is 0.173 e. The van der Waals surface area contributed by atoms with E-state index < -0.39 is 0 Å². The maximum Gasteiger partial charge on any atom is 0.173 e. The van der Waals surface area contributed by atoms with E-state index >= 15 is 0 Å². The van der Waals surface area contributed by atoms with Gasteiger partial charge >= 0.3 is 0 Å². The number of benzene rings is 1. The van der Waals surface area contributed by atoms with Gasteiger partial charge in [-0.25, -0.2) is 4.98 Å². The quantitative estimate of drug-likeness (QED) is 0.556. The van der Waals surface area contributed by atoms with Crippen molar-refractivity contribution >= 4 is 23.3 Å². The van der Waals surface area contributed by atoms with Gasteiger partial charge in [-0.3, -0.25) is 5.41 Å². The van der Waals surface area contributed by atoms with Gasteiger partial charge in [0.25, 0.3) is 0 Å². The maximum absolute atomic E-state index is 8.02. The number of aryl methyl sites for hydroxylation is 1. The molecule has 24 heavy (non-hydrogen) atoms. The first-order valence-corrected chi connectivity index (χ1v) is 8.51. The van der Waals surface area contributed by atoms with E-state index in [1.54, 1.807) is 25.2 Å².